The van der Waals surface area contributed by atoms with E-state index >= 15 is 0 Å². The lowest BCUT2D eigenvalue weighted by molar-refractivity contribution is -0.0707. The van der Waals surface area contributed by atoms with E-state index in [1.54, 1.807) is 0 Å². The van der Waals surface area contributed by atoms with Gasteiger partial charge in [-0.25, -0.2) is 0 Å². The molecule has 0 spiro atoms. The molecule has 0 radical (unpaired) electrons. The lowest BCUT2D eigenvalue weighted by Gasteiger charge is -2.40. The van der Waals surface area contributed by atoms with Gasteiger partial charge in [-0.05, 0) is 57.4 Å². The van der Waals surface area contributed by atoms with Crippen LogP contribution in [0.25, 0.3) is 0 Å². The second kappa shape index (κ2) is 7.24. The summed E-state index contributed by atoms with van der Waals surface area (Å²) in [5.74, 6) is 0.744. The number of aliphatic hydroxyl groups is 1. The van der Waals surface area contributed by atoms with Gasteiger partial charge in [0, 0.05) is 5.54 Å². The van der Waals surface area contributed by atoms with E-state index < -0.39 is 0 Å². The minimum absolute atomic E-state index is 0.154. The average Bonchev–Trinajstić information content (AvgIpc) is 2.25. The van der Waals surface area contributed by atoms with E-state index in [4.69, 9.17) is 4.74 Å². The predicted molar refractivity (Wildman–Crippen MR) is 84.9 cm³/mol. The second-order valence-corrected chi connectivity index (χ2v) is 7.94. The van der Waals surface area contributed by atoms with Gasteiger partial charge in [0.2, 0.25) is 0 Å². The fourth-order valence-electron chi connectivity index (χ4n) is 3.99. The minimum atomic E-state index is -0.232. The maximum atomic E-state index is 9.58. The van der Waals surface area contributed by atoms with Crippen LogP contribution in [0.1, 0.15) is 67.2 Å². The third-order valence-electron chi connectivity index (χ3n) is 4.46. The molecule has 3 nitrogen and oxygen atoms in total. The van der Waals surface area contributed by atoms with Crippen LogP contribution in [0.2, 0.25) is 0 Å². The molecular weight excluding hydrogens is 250 g/mol. The topological polar surface area (TPSA) is 41.5 Å². The Hall–Kier alpha value is -0.120. The van der Waals surface area contributed by atoms with Crippen LogP contribution in [0.3, 0.4) is 0 Å². The highest BCUT2D eigenvalue weighted by molar-refractivity contribution is 4.87. The molecule has 0 saturated heterocycles. The quantitative estimate of drug-likeness (QED) is 0.753. The number of likely N-dealkylation sites (N-methyl/N-ethyl adjacent to an activating group) is 1. The van der Waals surface area contributed by atoms with Crippen molar-refractivity contribution < 1.29 is 9.84 Å². The van der Waals surface area contributed by atoms with Crippen molar-refractivity contribution >= 4 is 0 Å². The second-order valence-electron chi connectivity index (χ2n) is 7.94. The van der Waals surface area contributed by atoms with E-state index in [2.05, 4.69) is 46.9 Å². The Kier molecular flexibility index (Phi) is 6.49. The molecule has 0 aliphatic heterocycles. The molecule has 1 rings (SSSR count). The Labute approximate surface area is 125 Å². The normalized spacial score (nSPS) is 30.8. The molecule has 2 N–H and O–H groups in total. The predicted octanol–water partition coefficient (Wildman–Crippen LogP) is 3.36. The monoisotopic (exact) mass is 285 g/mol. The zero-order valence-corrected chi connectivity index (χ0v) is 14.3. The van der Waals surface area contributed by atoms with Crippen molar-refractivity contribution in [3.05, 3.63) is 0 Å². The van der Waals surface area contributed by atoms with Crippen molar-refractivity contribution in [3.8, 4) is 0 Å². The van der Waals surface area contributed by atoms with E-state index in [-0.39, 0.29) is 18.2 Å². The van der Waals surface area contributed by atoms with Crippen LogP contribution < -0.4 is 5.32 Å². The molecule has 1 fully saturated rings. The molecule has 20 heavy (non-hydrogen) atoms. The summed E-state index contributed by atoms with van der Waals surface area (Å²) in [6.45, 7) is 14.3. The van der Waals surface area contributed by atoms with Crippen LogP contribution in [0.15, 0.2) is 0 Å². The summed E-state index contributed by atoms with van der Waals surface area (Å²) in [6, 6.07) is 0. The van der Waals surface area contributed by atoms with Crippen LogP contribution in [0.4, 0.5) is 0 Å². The van der Waals surface area contributed by atoms with E-state index in [9.17, 15) is 5.11 Å². The Morgan fingerprint density at radius 2 is 2.05 bits per heavy atom. The Balaban J connectivity index is 2.51. The van der Waals surface area contributed by atoms with Gasteiger partial charge < -0.3 is 15.2 Å². The Morgan fingerprint density at radius 3 is 2.55 bits per heavy atom. The SMILES string of the molecule is CCNC(C)(CO)CC(C)OC1CC(C)CC(C)(C)C1. The number of hydrogen-bond donors (Lipinski definition) is 2. The first kappa shape index (κ1) is 17.9. The molecule has 0 aromatic carbocycles. The van der Waals surface area contributed by atoms with Crippen molar-refractivity contribution in [3.63, 3.8) is 0 Å². The maximum Gasteiger partial charge on any atom is 0.0611 e. The Bertz CT molecular complexity index is 293. The van der Waals surface area contributed by atoms with Gasteiger partial charge in [0.15, 0.2) is 0 Å². The van der Waals surface area contributed by atoms with Crippen molar-refractivity contribution in [1.29, 1.82) is 0 Å². The van der Waals surface area contributed by atoms with Gasteiger partial charge in [0.05, 0.1) is 18.8 Å². The summed E-state index contributed by atoms with van der Waals surface area (Å²) >= 11 is 0. The van der Waals surface area contributed by atoms with Crippen molar-refractivity contribution in [2.24, 2.45) is 11.3 Å². The smallest absolute Gasteiger partial charge is 0.0611 e. The van der Waals surface area contributed by atoms with Crippen LogP contribution in [0, 0.1) is 11.3 Å². The first-order chi connectivity index (χ1) is 9.19. The molecule has 0 heterocycles. The summed E-state index contributed by atoms with van der Waals surface area (Å²) < 4.78 is 6.29. The van der Waals surface area contributed by atoms with Gasteiger partial charge in [-0.15, -0.1) is 0 Å². The van der Waals surface area contributed by atoms with Crippen LogP contribution in [0.5, 0.6) is 0 Å². The third-order valence-corrected chi connectivity index (χ3v) is 4.46. The molecule has 0 aromatic rings. The number of hydrogen-bond acceptors (Lipinski definition) is 3. The first-order valence-corrected chi connectivity index (χ1v) is 8.21. The molecule has 4 atom stereocenters. The first-order valence-electron chi connectivity index (χ1n) is 8.21. The summed E-state index contributed by atoms with van der Waals surface area (Å²) in [4.78, 5) is 0. The van der Waals surface area contributed by atoms with Crippen LogP contribution in [-0.4, -0.2) is 36.0 Å². The van der Waals surface area contributed by atoms with Crippen LogP contribution >= 0.6 is 0 Å². The van der Waals surface area contributed by atoms with Gasteiger partial charge in [-0.1, -0.05) is 27.7 Å². The summed E-state index contributed by atoms with van der Waals surface area (Å²) in [5.41, 5.74) is 0.161. The highest BCUT2D eigenvalue weighted by Gasteiger charge is 2.34. The summed E-state index contributed by atoms with van der Waals surface area (Å²) in [5, 5.41) is 13.0. The molecule has 1 aliphatic rings. The average molecular weight is 285 g/mol. The van der Waals surface area contributed by atoms with Gasteiger partial charge in [0.25, 0.3) is 0 Å². The minimum Gasteiger partial charge on any atom is -0.394 e. The fraction of sp³-hybridized carbons (Fsp3) is 1.00. The number of rotatable bonds is 7. The maximum absolute atomic E-state index is 9.58. The number of ether oxygens (including phenoxy) is 1. The molecule has 1 saturated carbocycles. The fourth-order valence-corrected chi connectivity index (χ4v) is 3.99. The molecule has 1 aliphatic carbocycles. The van der Waals surface area contributed by atoms with Crippen molar-refractivity contribution in [2.75, 3.05) is 13.2 Å². The molecular formula is C17H35NO2. The molecule has 3 heteroatoms. The van der Waals surface area contributed by atoms with Crippen LogP contribution in [-0.2, 0) is 4.74 Å². The number of aliphatic hydroxyl groups excluding tert-OH is 1. The standard InChI is InChI=1S/C17H35NO2/c1-7-18-17(6,12-19)10-14(3)20-15-8-13(2)9-16(4,5)11-15/h13-15,18-19H,7-12H2,1-6H3. The van der Waals surface area contributed by atoms with Crippen molar-refractivity contribution in [2.45, 2.75) is 85.0 Å². The highest BCUT2D eigenvalue weighted by Crippen LogP contribution is 2.40. The zero-order chi connectivity index (χ0) is 15.4. The third kappa shape index (κ3) is 5.71. The lowest BCUT2D eigenvalue weighted by atomic mass is 9.71. The van der Waals surface area contributed by atoms with E-state index in [0.717, 1.165) is 25.3 Å². The number of nitrogens with one attached hydrogen (secondary N) is 1. The Morgan fingerprint density at radius 1 is 1.40 bits per heavy atom. The lowest BCUT2D eigenvalue weighted by Crippen LogP contribution is -2.48. The van der Waals surface area contributed by atoms with Gasteiger partial charge in [-0.3, -0.25) is 0 Å². The molecule has 4 unspecified atom stereocenters. The highest BCUT2D eigenvalue weighted by atomic mass is 16.5. The molecule has 0 amide bonds. The van der Waals surface area contributed by atoms with E-state index in [1.165, 1.54) is 12.8 Å². The van der Waals surface area contributed by atoms with E-state index in [0.29, 0.717) is 11.5 Å². The molecule has 0 aromatic heterocycles. The van der Waals surface area contributed by atoms with Gasteiger partial charge in [0.1, 0.15) is 0 Å². The summed E-state index contributed by atoms with van der Waals surface area (Å²) in [6.07, 6.45) is 5.02. The largest absolute Gasteiger partial charge is 0.394 e. The molecule has 120 valence electrons. The van der Waals surface area contributed by atoms with Crippen molar-refractivity contribution in [1.82, 2.24) is 5.32 Å². The van der Waals surface area contributed by atoms with Gasteiger partial charge >= 0.3 is 0 Å². The van der Waals surface area contributed by atoms with E-state index in [1.807, 2.05) is 0 Å². The summed E-state index contributed by atoms with van der Waals surface area (Å²) in [7, 11) is 0. The molecule has 0 bridgehead atoms. The van der Waals surface area contributed by atoms with Gasteiger partial charge in [-0.2, -0.15) is 0 Å². The zero-order valence-electron chi connectivity index (χ0n) is 14.3.